The second-order valence-electron chi connectivity index (χ2n) is 5.44. The van der Waals surface area contributed by atoms with Gasteiger partial charge in [0, 0.05) is 5.56 Å². The minimum atomic E-state index is -0.475. The van der Waals surface area contributed by atoms with Gasteiger partial charge < -0.3 is 4.42 Å². The molecule has 0 saturated heterocycles. The molecule has 2 aliphatic rings. The van der Waals surface area contributed by atoms with Gasteiger partial charge in [0.2, 0.25) is 5.17 Å². The lowest BCUT2D eigenvalue weighted by molar-refractivity contribution is -0.114. The molecule has 0 bridgehead atoms. The van der Waals surface area contributed by atoms with E-state index in [4.69, 9.17) is 9.83 Å². The summed E-state index contributed by atoms with van der Waals surface area (Å²) in [5.41, 5.74) is 2.19. The summed E-state index contributed by atoms with van der Waals surface area (Å²) in [5.74, 6) is -0.0250. The summed E-state index contributed by atoms with van der Waals surface area (Å²) >= 11 is 4.50. The minimum Gasteiger partial charge on any atom is -0.450 e. The third-order valence-electron chi connectivity index (χ3n) is 3.60. The highest BCUT2D eigenvalue weighted by Gasteiger charge is 2.36. The van der Waals surface area contributed by atoms with E-state index in [-0.39, 0.29) is 11.4 Å². The average Bonchev–Trinajstić information content (AvgIpc) is 3.18. The molecule has 0 aliphatic carbocycles. The topological polar surface area (TPSA) is 82.0 Å². The molecule has 0 atom stereocenters. The number of carbonyl (C=O) groups is 1. The molecular weight excluding hydrogens is 404 g/mol. The predicted octanol–water partition coefficient (Wildman–Crippen LogP) is 4.02. The first-order valence-electron chi connectivity index (χ1n) is 7.34. The lowest BCUT2D eigenvalue weighted by atomic mass is 10.1. The first kappa shape index (κ1) is 16.0. The molecule has 0 radical (unpaired) electrons. The lowest BCUT2D eigenvalue weighted by Gasteiger charge is -2.19. The Hall–Kier alpha value is -2.45. The Bertz CT molecular complexity index is 1010. The highest BCUT2D eigenvalue weighted by atomic mass is 79.9. The lowest BCUT2D eigenvalue weighted by Crippen LogP contribution is -2.35. The first-order valence-corrected chi connectivity index (χ1v) is 8.95. The molecule has 2 aliphatic heterocycles. The number of hydrazone groups is 1. The van der Waals surface area contributed by atoms with E-state index in [1.807, 2.05) is 31.2 Å². The fourth-order valence-corrected chi connectivity index (χ4v) is 3.64. The van der Waals surface area contributed by atoms with Crippen LogP contribution >= 0.6 is 27.7 Å². The number of amidine groups is 2. The van der Waals surface area contributed by atoms with E-state index in [9.17, 15) is 4.79 Å². The molecule has 1 aromatic carbocycles. The number of halogens is 1. The molecule has 4 rings (SSSR count). The zero-order valence-electron chi connectivity index (χ0n) is 13.0. The van der Waals surface area contributed by atoms with Gasteiger partial charge in [-0.05, 0) is 58.9 Å². The van der Waals surface area contributed by atoms with Crippen molar-refractivity contribution in [1.82, 2.24) is 5.01 Å². The van der Waals surface area contributed by atoms with Crippen LogP contribution in [0, 0.1) is 12.3 Å². The number of amides is 1. The molecular formula is C17H11BrN4O2S. The third-order valence-corrected chi connectivity index (χ3v) is 4.98. The van der Waals surface area contributed by atoms with Crippen LogP contribution in [0.5, 0.6) is 0 Å². The Morgan fingerprint density at radius 3 is 2.88 bits per heavy atom. The van der Waals surface area contributed by atoms with E-state index in [0.717, 1.165) is 11.1 Å². The Morgan fingerprint density at radius 2 is 2.16 bits per heavy atom. The van der Waals surface area contributed by atoms with Gasteiger partial charge in [0.25, 0.3) is 5.91 Å². The molecule has 0 unspecified atom stereocenters. The van der Waals surface area contributed by atoms with Crippen molar-refractivity contribution in [1.29, 1.82) is 5.41 Å². The van der Waals surface area contributed by atoms with Crippen molar-refractivity contribution in [3.63, 3.8) is 0 Å². The minimum absolute atomic E-state index is 0.0160. The number of carbonyl (C=O) groups excluding carboxylic acids is 1. The van der Waals surface area contributed by atoms with Crippen LogP contribution in [0.1, 0.15) is 16.9 Å². The number of nitrogens with one attached hydrogen (secondary N) is 1. The summed E-state index contributed by atoms with van der Waals surface area (Å²) < 4.78 is 5.93. The van der Waals surface area contributed by atoms with Crippen molar-refractivity contribution in [3.05, 3.63) is 63.5 Å². The number of aryl methyl sites for hydroxylation is 1. The van der Waals surface area contributed by atoms with Crippen LogP contribution in [-0.2, 0) is 4.79 Å². The molecule has 1 amide bonds. The summed E-state index contributed by atoms with van der Waals surface area (Å²) in [7, 11) is 0. The molecule has 2 aromatic rings. The summed E-state index contributed by atoms with van der Waals surface area (Å²) in [5, 5.41) is 15.3. The van der Waals surface area contributed by atoms with Gasteiger partial charge in [-0.1, -0.05) is 23.8 Å². The molecule has 124 valence electrons. The fourth-order valence-electron chi connectivity index (χ4n) is 2.43. The van der Waals surface area contributed by atoms with Crippen LogP contribution in [-0.4, -0.2) is 27.0 Å². The zero-order chi connectivity index (χ0) is 17.6. The maximum absolute atomic E-state index is 12.3. The van der Waals surface area contributed by atoms with E-state index in [2.05, 4.69) is 26.0 Å². The van der Waals surface area contributed by atoms with Crippen LogP contribution in [0.2, 0.25) is 0 Å². The van der Waals surface area contributed by atoms with Crippen LogP contribution in [0.4, 0.5) is 0 Å². The standard InChI is InChI=1S/C17H11BrN4O2S/c1-9-3-2-4-10(7-9)16-21-22-14(19)12(15(23)20-17(22)25-16)8-11-5-6-13(18)24-11/h2-8,19H,1H3/b12-8-,19-14?. The van der Waals surface area contributed by atoms with E-state index >= 15 is 0 Å². The fraction of sp³-hybridized carbons (Fsp3) is 0.0588. The highest BCUT2D eigenvalue weighted by Crippen LogP contribution is 2.31. The van der Waals surface area contributed by atoms with Gasteiger partial charge in [-0.25, -0.2) is 0 Å². The maximum atomic E-state index is 12.3. The number of thioether (sulfide) groups is 1. The van der Waals surface area contributed by atoms with Gasteiger partial charge in [0.05, 0.1) is 5.57 Å². The van der Waals surface area contributed by atoms with E-state index in [0.29, 0.717) is 20.6 Å². The number of rotatable bonds is 2. The summed E-state index contributed by atoms with van der Waals surface area (Å²) in [6.45, 7) is 2.00. The molecule has 25 heavy (non-hydrogen) atoms. The van der Waals surface area contributed by atoms with Crippen molar-refractivity contribution < 1.29 is 9.21 Å². The highest BCUT2D eigenvalue weighted by molar-refractivity contribution is 9.10. The number of hydrogen-bond donors (Lipinski definition) is 1. The Balaban J connectivity index is 1.70. The van der Waals surface area contributed by atoms with Gasteiger partial charge >= 0.3 is 0 Å². The quantitative estimate of drug-likeness (QED) is 0.752. The third kappa shape index (κ3) is 2.98. The number of furan rings is 1. The number of nitrogens with zero attached hydrogens (tertiary/aromatic N) is 3. The molecule has 6 nitrogen and oxygen atoms in total. The van der Waals surface area contributed by atoms with Gasteiger partial charge in [-0.15, -0.1) is 0 Å². The monoisotopic (exact) mass is 414 g/mol. The first-order chi connectivity index (χ1) is 12.0. The van der Waals surface area contributed by atoms with Gasteiger partial charge in [-0.3, -0.25) is 10.2 Å². The van der Waals surface area contributed by atoms with E-state index < -0.39 is 5.91 Å². The smallest absolute Gasteiger partial charge is 0.283 e. The van der Waals surface area contributed by atoms with Crippen LogP contribution in [0.15, 0.2) is 61.2 Å². The average molecular weight is 415 g/mol. The van der Waals surface area contributed by atoms with Crippen molar-refractivity contribution in [3.8, 4) is 0 Å². The van der Waals surface area contributed by atoms with Crippen molar-refractivity contribution >= 4 is 55.7 Å². The van der Waals surface area contributed by atoms with Crippen LogP contribution in [0.3, 0.4) is 0 Å². The summed E-state index contributed by atoms with van der Waals surface area (Å²) in [4.78, 5) is 16.4. The number of fused-ring (bicyclic) bond motifs is 1. The Morgan fingerprint density at radius 1 is 1.32 bits per heavy atom. The van der Waals surface area contributed by atoms with Gasteiger partial charge in [0.1, 0.15) is 10.8 Å². The van der Waals surface area contributed by atoms with Gasteiger partial charge in [0.15, 0.2) is 10.5 Å². The van der Waals surface area contributed by atoms with E-state index in [1.54, 1.807) is 12.1 Å². The molecule has 0 fully saturated rings. The zero-order valence-corrected chi connectivity index (χ0v) is 15.4. The number of benzene rings is 1. The van der Waals surface area contributed by atoms with Crippen LogP contribution in [0.25, 0.3) is 6.08 Å². The molecule has 1 aromatic heterocycles. The predicted molar refractivity (Wildman–Crippen MR) is 102 cm³/mol. The molecule has 0 saturated carbocycles. The molecule has 8 heteroatoms. The van der Waals surface area contributed by atoms with Crippen molar-refractivity contribution in [2.24, 2.45) is 10.1 Å². The Kier molecular flexibility index (Phi) is 3.93. The Labute approximate surface area is 155 Å². The van der Waals surface area contributed by atoms with Crippen molar-refractivity contribution in [2.75, 3.05) is 0 Å². The molecule has 3 heterocycles. The second-order valence-corrected chi connectivity index (χ2v) is 7.17. The summed E-state index contributed by atoms with van der Waals surface area (Å²) in [6.07, 6.45) is 1.50. The molecule has 1 N–H and O–H groups in total. The molecule has 0 spiro atoms. The van der Waals surface area contributed by atoms with Crippen molar-refractivity contribution in [2.45, 2.75) is 6.92 Å². The van der Waals surface area contributed by atoms with E-state index in [1.165, 1.54) is 22.8 Å². The SMILES string of the molecule is Cc1cccc(C2=NN3C(=N)/C(=C/c4ccc(Br)o4)C(=O)N=C3S2)c1. The second kappa shape index (κ2) is 6.12. The largest absolute Gasteiger partial charge is 0.450 e. The number of hydrogen-bond acceptors (Lipinski definition) is 5. The normalized spacial score (nSPS) is 18.5. The van der Waals surface area contributed by atoms with Gasteiger partial charge in [-0.2, -0.15) is 15.1 Å². The maximum Gasteiger partial charge on any atom is 0.283 e. The summed E-state index contributed by atoms with van der Waals surface area (Å²) in [6, 6.07) is 11.3. The number of aliphatic imine (C=N–C) groups is 1. The van der Waals surface area contributed by atoms with Crippen LogP contribution < -0.4 is 0 Å².